The van der Waals surface area contributed by atoms with Crippen LogP contribution in [-0.4, -0.2) is 0 Å². The number of thiophene rings is 1. The average molecular weight is 748 g/mol. The van der Waals surface area contributed by atoms with Gasteiger partial charge in [-0.1, -0.05) is 141 Å². The minimum Gasteiger partial charge on any atom is -0.310 e. The number of nitrogens with zero attached hydrogens (tertiary/aromatic N) is 1. The number of rotatable bonds is 4. The first-order valence-electron chi connectivity index (χ1n) is 20.4. The van der Waals surface area contributed by atoms with Gasteiger partial charge in [-0.3, -0.25) is 0 Å². The maximum Gasteiger partial charge on any atom is 0.0543 e. The van der Waals surface area contributed by atoms with Gasteiger partial charge in [0, 0.05) is 42.5 Å². The molecule has 2 heteroatoms. The van der Waals surface area contributed by atoms with E-state index in [1.54, 1.807) is 0 Å². The third-order valence-electron chi connectivity index (χ3n) is 13.4. The molecule has 1 unspecified atom stereocenters. The quantitative estimate of drug-likeness (QED) is 0.173. The molecule has 12 rings (SSSR count). The van der Waals surface area contributed by atoms with E-state index in [0.717, 1.165) is 24.9 Å². The molecule has 0 saturated carbocycles. The van der Waals surface area contributed by atoms with E-state index in [0.29, 0.717) is 5.92 Å². The predicted molar refractivity (Wildman–Crippen MR) is 243 cm³/mol. The second kappa shape index (κ2) is 12.4. The number of benzene rings is 8. The molecule has 2 bridgehead atoms. The first kappa shape index (κ1) is 33.0. The van der Waals surface area contributed by atoms with Crippen LogP contribution >= 0.6 is 11.3 Å². The molecule has 1 heterocycles. The van der Waals surface area contributed by atoms with Gasteiger partial charge in [0.1, 0.15) is 0 Å². The molecule has 1 aromatic heterocycles. The molecule has 8 aromatic carbocycles. The summed E-state index contributed by atoms with van der Waals surface area (Å²) in [4.78, 5) is 2.55. The molecule has 1 nitrogen and oxygen atoms in total. The third kappa shape index (κ3) is 4.93. The normalized spacial score (nSPS) is 15.6. The minimum atomic E-state index is -0.0538. The lowest BCUT2D eigenvalue weighted by Gasteiger charge is -2.36. The molecule has 0 fully saturated rings. The number of aryl methyl sites for hydroxylation is 1. The molecule has 1 atom stereocenters. The molecule has 0 N–H and O–H groups in total. The van der Waals surface area contributed by atoms with Crippen LogP contribution in [0.5, 0.6) is 0 Å². The second-order valence-corrected chi connectivity index (χ2v) is 17.8. The van der Waals surface area contributed by atoms with E-state index in [4.69, 9.17) is 0 Å². The topological polar surface area (TPSA) is 3.24 Å². The monoisotopic (exact) mass is 747 g/mol. The summed E-state index contributed by atoms with van der Waals surface area (Å²) in [6, 6.07) is 64.5. The Balaban J connectivity index is 1.08. The first-order valence-corrected chi connectivity index (χ1v) is 21.2. The Hall–Kier alpha value is -6.22. The SMILES string of the molecule is CC1(C)c2ccccc2-c2cc(N(c3ccc(-c4ccc5c(c4)sc4ccccc45)cc3)c3ccc4c5c3-c3ccccc3CCC(C5)c3ccccc3-4)ccc21. The molecular formula is C55H41NS. The van der Waals surface area contributed by atoms with Crippen LogP contribution in [0, 0.1) is 0 Å². The van der Waals surface area contributed by atoms with Gasteiger partial charge in [-0.15, -0.1) is 11.3 Å². The Kier molecular flexibility index (Phi) is 7.17. The fraction of sp³-hybridized carbons (Fsp3) is 0.127. The van der Waals surface area contributed by atoms with Crippen LogP contribution < -0.4 is 4.90 Å². The van der Waals surface area contributed by atoms with E-state index in [1.807, 2.05) is 11.3 Å². The number of hydrogen-bond donors (Lipinski definition) is 0. The summed E-state index contributed by atoms with van der Waals surface area (Å²) in [7, 11) is 0. The van der Waals surface area contributed by atoms with Gasteiger partial charge in [0.25, 0.3) is 0 Å². The van der Waals surface area contributed by atoms with Crippen molar-refractivity contribution in [1.82, 2.24) is 0 Å². The highest BCUT2D eigenvalue weighted by Gasteiger charge is 2.36. The van der Waals surface area contributed by atoms with E-state index in [2.05, 4.69) is 189 Å². The van der Waals surface area contributed by atoms with Crippen molar-refractivity contribution in [3.8, 4) is 44.5 Å². The standard InChI is InChI=1S/C55H41NS/c1-55(2)49-17-9-7-15-44(49)47-33-39(26-29-50(47)55)56(38-24-21-34(22-25-38)36-23-27-46-45-16-8-10-18-52(45)57-53(46)32-36)51-30-28-43-42-14-6-5-12-40(42)37-20-19-35-11-3-4-13-41(35)54(51)48(43)31-37/h3-18,21-30,32-33,37H,19-20,31H2,1-2H3. The van der Waals surface area contributed by atoms with E-state index < -0.39 is 0 Å². The summed E-state index contributed by atoms with van der Waals surface area (Å²) in [6.07, 6.45) is 3.29. The van der Waals surface area contributed by atoms with E-state index in [1.165, 1.54) is 104 Å². The number of hydrogen-bond acceptors (Lipinski definition) is 2. The molecule has 0 amide bonds. The number of anilines is 3. The minimum absolute atomic E-state index is 0.0538. The highest BCUT2D eigenvalue weighted by atomic mass is 32.1. The molecule has 3 aliphatic carbocycles. The highest BCUT2D eigenvalue weighted by Crippen LogP contribution is 2.55. The number of fused-ring (bicyclic) bond motifs is 12. The smallest absolute Gasteiger partial charge is 0.0543 e. The van der Waals surface area contributed by atoms with Crippen molar-refractivity contribution in [2.75, 3.05) is 4.90 Å². The Morgan fingerprint density at radius 1 is 0.526 bits per heavy atom. The Morgan fingerprint density at radius 2 is 1.23 bits per heavy atom. The zero-order chi connectivity index (χ0) is 37.8. The van der Waals surface area contributed by atoms with Gasteiger partial charge in [0.05, 0.1) is 5.69 Å². The third-order valence-corrected chi connectivity index (χ3v) is 14.5. The lowest BCUT2D eigenvalue weighted by atomic mass is 9.71. The molecule has 57 heavy (non-hydrogen) atoms. The van der Waals surface area contributed by atoms with Crippen LogP contribution in [-0.2, 0) is 18.3 Å². The van der Waals surface area contributed by atoms with Gasteiger partial charge >= 0.3 is 0 Å². The van der Waals surface area contributed by atoms with E-state index in [9.17, 15) is 0 Å². The summed E-state index contributed by atoms with van der Waals surface area (Å²) >= 11 is 1.88. The van der Waals surface area contributed by atoms with Crippen molar-refractivity contribution in [2.24, 2.45) is 0 Å². The zero-order valence-corrected chi connectivity index (χ0v) is 33.0. The van der Waals surface area contributed by atoms with Crippen molar-refractivity contribution in [3.05, 3.63) is 198 Å². The summed E-state index contributed by atoms with van der Waals surface area (Å²) in [5, 5.41) is 2.68. The second-order valence-electron chi connectivity index (χ2n) is 16.8. The molecule has 0 aliphatic heterocycles. The summed E-state index contributed by atoms with van der Waals surface area (Å²) < 4.78 is 2.67. The first-order chi connectivity index (χ1) is 28.0. The lowest BCUT2D eigenvalue weighted by Crippen LogP contribution is -2.19. The fourth-order valence-corrected chi connectivity index (χ4v) is 11.7. The fourth-order valence-electron chi connectivity index (χ4n) is 10.6. The maximum atomic E-state index is 2.55. The Morgan fingerprint density at radius 3 is 2.12 bits per heavy atom. The van der Waals surface area contributed by atoms with Crippen LogP contribution in [0.2, 0.25) is 0 Å². The molecule has 3 aliphatic rings. The van der Waals surface area contributed by atoms with Crippen molar-refractivity contribution >= 4 is 48.6 Å². The molecule has 9 aromatic rings. The van der Waals surface area contributed by atoms with Crippen LogP contribution in [0.25, 0.3) is 64.7 Å². The highest BCUT2D eigenvalue weighted by molar-refractivity contribution is 7.25. The molecule has 0 spiro atoms. The Labute approximate surface area is 338 Å². The average Bonchev–Trinajstić information content (AvgIpc) is 3.73. The van der Waals surface area contributed by atoms with E-state index >= 15 is 0 Å². The van der Waals surface area contributed by atoms with Crippen LogP contribution in [0.15, 0.2) is 170 Å². The van der Waals surface area contributed by atoms with Gasteiger partial charge in [0.2, 0.25) is 0 Å². The van der Waals surface area contributed by atoms with Gasteiger partial charge in [-0.2, -0.15) is 0 Å². The van der Waals surface area contributed by atoms with Crippen molar-refractivity contribution in [3.63, 3.8) is 0 Å². The van der Waals surface area contributed by atoms with Crippen molar-refractivity contribution < 1.29 is 0 Å². The largest absolute Gasteiger partial charge is 0.310 e. The molecular weight excluding hydrogens is 707 g/mol. The molecule has 0 radical (unpaired) electrons. The van der Waals surface area contributed by atoms with Crippen LogP contribution in [0.1, 0.15) is 54.0 Å². The zero-order valence-electron chi connectivity index (χ0n) is 32.2. The van der Waals surface area contributed by atoms with Gasteiger partial charge in [-0.25, -0.2) is 0 Å². The van der Waals surface area contributed by atoms with Gasteiger partial charge < -0.3 is 4.90 Å². The van der Waals surface area contributed by atoms with Crippen LogP contribution in [0.3, 0.4) is 0 Å². The van der Waals surface area contributed by atoms with Crippen molar-refractivity contribution in [2.45, 2.75) is 44.4 Å². The summed E-state index contributed by atoms with van der Waals surface area (Å²) in [6.45, 7) is 4.74. The predicted octanol–water partition coefficient (Wildman–Crippen LogP) is 15.4. The van der Waals surface area contributed by atoms with Gasteiger partial charge in [0.15, 0.2) is 0 Å². The maximum absolute atomic E-state index is 2.55. The summed E-state index contributed by atoms with van der Waals surface area (Å²) in [5.41, 5.74) is 21.4. The summed E-state index contributed by atoms with van der Waals surface area (Å²) in [5.74, 6) is 0.501. The Bertz CT molecular complexity index is 3090. The van der Waals surface area contributed by atoms with Crippen LogP contribution in [0.4, 0.5) is 17.1 Å². The molecule has 0 saturated heterocycles. The van der Waals surface area contributed by atoms with E-state index in [-0.39, 0.29) is 5.41 Å². The molecule has 272 valence electrons. The lowest BCUT2D eigenvalue weighted by molar-refractivity contribution is 0.613. The van der Waals surface area contributed by atoms with Crippen molar-refractivity contribution in [1.29, 1.82) is 0 Å². The van der Waals surface area contributed by atoms with Gasteiger partial charge in [-0.05, 0) is 134 Å².